The number of nitrogens with zero attached hydrogens (tertiary/aromatic N) is 3. The smallest absolute Gasteiger partial charge is 0.101 e. The van der Waals surface area contributed by atoms with Crippen LogP contribution in [0.3, 0.4) is 0 Å². The van der Waals surface area contributed by atoms with Gasteiger partial charge in [0.2, 0.25) is 0 Å². The average Bonchev–Trinajstić information content (AvgIpc) is 2.41. The molecular weight excluding hydrogens is 210 g/mol. The summed E-state index contributed by atoms with van der Waals surface area (Å²) in [7, 11) is 0. The molecule has 0 radical (unpaired) electrons. The molecule has 0 aromatic carbocycles. The first kappa shape index (κ1) is 11.9. The molecule has 90 valence electrons. The monoisotopic (exact) mass is 229 g/mol. The van der Waals surface area contributed by atoms with Crippen LogP contribution in [0.25, 0.3) is 0 Å². The Morgan fingerprint density at radius 1 is 1.41 bits per heavy atom. The van der Waals surface area contributed by atoms with Crippen LogP contribution >= 0.6 is 0 Å². The minimum absolute atomic E-state index is 0.588. The minimum Gasteiger partial charge on any atom is -0.367 e. The highest BCUT2D eigenvalue weighted by molar-refractivity contribution is 5.58. The van der Waals surface area contributed by atoms with Crippen molar-refractivity contribution in [1.82, 2.24) is 4.98 Å². The van der Waals surface area contributed by atoms with Gasteiger partial charge in [-0.15, -0.1) is 0 Å². The lowest BCUT2D eigenvalue weighted by molar-refractivity contribution is 0.418. The lowest BCUT2D eigenvalue weighted by atomic mass is 9.93. The number of rotatable bonds is 3. The van der Waals surface area contributed by atoms with Crippen molar-refractivity contribution in [1.29, 1.82) is 5.26 Å². The van der Waals surface area contributed by atoms with E-state index in [0.717, 1.165) is 17.8 Å². The number of hydrogen-bond donors (Lipinski definition) is 0. The van der Waals surface area contributed by atoms with Gasteiger partial charge < -0.3 is 4.90 Å². The molecule has 0 unspecified atom stereocenters. The topological polar surface area (TPSA) is 39.9 Å². The van der Waals surface area contributed by atoms with Crippen molar-refractivity contribution in [2.24, 2.45) is 0 Å². The van der Waals surface area contributed by atoms with Gasteiger partial charge in [0.05, 0.1) is 17.4 Å². The molecule has 1 heterocycles. The lowest BCUT2D eigenvalue weighted by Gasteiger charge is -2.35. The van der Waals surface area contributed by atoms with Crippen molar-refractivity contribution in [3.63, 3.8) is 0 Å². The van der Waals surface area contributed by atoms with Crippen molar-refractivity contribution in [3.8, 4) is 6.07 Å². The van der Waals surface area contributed by atoms with Gasteiger partial charge >= 0.3 is 0 Å². The van der Waals surface area contributed by atoms with Crippen LogP contribution in [0.4, 0.5) is 5.69 Å². The van der Waals surface area contributed by atoms with Gasteiger partial charge in [-0.25, -0.2) is 0 Å². The van der Waals surface area contributed by atoms with Crippen molar-refractivity contribution >= 4 is 5.69 Å². The summed E-state index contributed by atoms with van der Waals surface area (Å²) in [5.74, 6) is 0. The number of pyridine rings is 1. The Bertz CT molecular complexity index is 402. The van der Waals surface area contributed by atoms with E-state index in [1.165, 1.54) is 32.1 Å². The summed E-state index contributed by atoms with van der Waals surface area (Å²) in [6.45, 7) is 3.10. The van der Waals surface area contributed by atoms with Crippen LogP contribution in [0.1, 0.15) is 44.6 Å². The van der Waals surface area contributed by atoms with Gasteiger partial charge in [0.1, 0.15) is 6.07 Å². The maximum atomic E-state index is 9.16. The fourth-order valence-electron chi connectivity index (χ4n) is 2.73. The number of hydrogen-bond acceptors (Lipinski definition) is 3. The molecule has 3 nitrogen and oxygen atoms in total. The highest BCUT2D eigenvalue weighted by Crippen LogP contribution is 2.28. The molecular formula is C14H19N3. The number of anilines is 1. The predicted octanol–water partition coefficient (Wildman–Crippen LogP) is 3.11. The third kappa shape index (κ3) is 2.58. The molecule has 0 bridgehead atoms. The van der Waals surface area contributed by atoms with Gasteiger partial charge in [0.25, 0.3) is 0 Å². The van der Waals surface area contributed by atoms with Gasteiger partial charge in [0, 0.05) is 18.8 Å². The van der Waals surface area contributed by atoms with Crippen LogP contribution in [0.2, 0.25) is 0 Å². The summed E-state index contributed by atoms with van der Waals surface area (Å²) in [4.78, 5) is 6.52. The minimum atomic E-state index is 0.588. The van der Waals surface area contributed by atoms with E-state index in [4.69, 9.17) is 5.26 Å². The highest BCUT2D eigenvalue weighted by atomic mass is 15.2. The molecule has 1 saturated carbocycles. The molecule has 0 saturated heterocycles. The predicted molar refractivity (Wildman–Crippen MR) is 68.8 cm³/mol. The first-order valence-corrected chi connectivity index (χ1v) is 6.47. The molecule has 17 heavy (non-hydrogen) atoms. The van der Waals surface area contributed by atoms with Gasteiger partial charge in [0.15, 0.2) is 0 Å². The van der Waals surface area contributed by atoms with E-state index in [0.29, 0.717) is 6.04 Å². The van der Waals surface area contributed by atoms with Crippen LogP contribution in [0, 0.1) is 11.3 Å². The highest BCUT2D eigenvalue weighted by Gasteiger charge is 2.22. The summed E-state index contributed by atoms with van der Waals surface area (Å²) in [5, 5.41) is 9.16. The molecule has 2 rings (SSSR count). The Morgan fingerprint density at radius 2 is 2.18 bits per heavy atom. The fourth-order valence-corrected chi connectivity index (χ4v) is 2.73. The van der Waals surface area contributed by atoms with Gasteiger partial charge in [-0.3, -0.25) is 4.98 Å². The molecule has 0 spiro atoms. The Morgan fingerprint density at radius 3 is 2.82 bits per heavy atom. The lowest BCUT2D eigenvalue weighted by Crippen LogP contribution is -2.37. The van der Waals surface area contributed by atoms with E-state index >= 15 is 0 Å². The SMILES string of the molecule is CCN(c1cnccc1C#N)C1CCCCC1. The largest absolute Gasteiger partial charge is 0.367 e. The van der Waals surface area contributed by atoms with Crippen LogP contribution in [-0.4, -0.2) is 17.6 Å². The first-order valence-electron chi connectivity index (χ1n) is 6.47. The fraction of sp³-hybridized carbons (Fsp3) is 0.571. The van der Waals surface area contributed by atoms with E-state index in [2.05, 4.69) is 22.9 Å². The van der Waals surface area contributed by atoms with Gasteiger partial charge in [-0.1, -0.05) is 19.3 Å². The molecule has 0 amide bonds. The molecule has 1 fully saturated rings. The van der Waals surface area contributed by atoms with Crippen molar-refractivity contribution in [3.05, 3.63) is 24.0 Å². The molecule has 0 N–H and O–H groups in total. The Kier molecular flexibility index (Phi) is 3.98. The zero-order valence-corrected chi connectivity index (χ0v) is 10.4. The maximum absolute atomic E-state index is 9.16. The molecule has 1 aromatic rings. The van der Waals surface area contributed by atoms with E-state index < -0.39 is 0 Å². The van der Waals surface area contributed by atoms with E-state index in [1.807, 2.05) is 6.20 Å². The molecule has 0 atom stereocenters. The summed E-state index contributed by atoms with van der Waals surface area (Å²) >= 11 is 0. The van der Waals surface area contributed by atoms with Crippen molar-refractivity contribution < 1.29 is 0 Å². The molecule has 1 aliphatic carbocycles. The molecule has 1 aromatic heterocycles. The second kappa shape index (κ2) is 5.67. The quantitative estimate of drug-likeness (QED) is 0.799. The molecule has 1 aliphatic rings. The number of aromatic nitrogens is 1. The third-order valence-corrected chi connectivity index (χ3v) is 3.59. The Hall–Kier alpha value is -1.56. The van der Waals surface area contributed by atoms with E-state index in [-0.39, 0.29) is 0 Å². The Labute approximate surface area is 103 Å². The van der Waals surface area contributed by atoms with Crippen LogP contribution in [-0.2, 0) is 0 Å². The number of nitriles is 1. The van der Waals surface area contributed by atoms with E-state index in [1.54, 1.807) is 12.3 Å². The maximum Gasteiger partial charge on any atom is 0.101 e. The first-order chi connectivity index (χ1) is 8.36. The zero-order valence-electron chi connectivity index (χ0n) is 10.4. The average molecular weight is 229 g/mol. The summed E-state index contributed by atoms with van der Waals surface area (Å²) in [6.07, 6.45) is 9.98. The second-order valence-corrected chi connectivity index (χ2v) is 4.58. The molecule has 0 aliphatic heterocycles. The van der Waals surface area contributed by atoms with Gasteiger partial charge in [-0.05, 0) is 25.8 Å². The Balaban J connectivity index is 2.25. The van der Waals surface area contributed by atoms with E-state index in [9.17, 15) is 0 Å². The standard InChI is InChI=1S/C14H19N3/c1-2-17(13-6-4-3-5-7-13)14-11-16-9-8-12(14)10-15/h8-9,11,13H,2-7H2,1H3. The second-order valence-electron chi connectivity index (χ2n) is 4.58. The summed E-state index contributed by atoms with van der Waals surface area (Å²) < 4.78 is 0. The normalized spacial score (nSPS) is 16.5. The van der Waals surface area contributed by atoms with Gasteiger partial charge in [-0.2, -0.15) is 5.26 Å². The summed E-state index contributed by atoms with van der Waals surface area (Å²) in [5.41, 5.74) is 1.75. The van der Waals surface area contributed by atoms with Crippen molar-refractivity contribution in [2.75, 3.05) is 11.4 Å². The van der Waals surface area contributed by atoms with Crippen LogP contribution in [0.15, 0.2) is 18.5 Å². The summed E-state index contributed by atoms with van der Waals surface area (Å²) in [6, 6.07) is 4.66. The van der Waals surface area contributed by atoms with Crippen LogP contribution in [0.5, 0.6) is 0 Å². The molecule has 3 heteroatoms. The third-order valence-electron chi connectivity index (χ3n) is 3.59. The van der Waals surface area contributed by atoms with Crippen molar-refractivity contribution in [2.45, 2.75) is 45.1 Å². The zero-order chi connectivity index (χ0) is 12.1. The van der Waals surface area contributed by atoms with Crippen LogP contribution < -0.4 is 4.90 Å².